The molecular weight excluding hydrogens is 200 g/mol. The summed E-state index contributed by atoms with van der Waals surface area (Å²) in [7, 11) is 0. The van der Waals surface area contributed by atoms with E-state index in [-0.39, 0.29) is 0 Å². The van der Waals surface area contributed by atoms with E-state index in [1.807, 2.05) is 12.1 Å². The molecule has 84 valence electrons. The lowest BCUT2D eigenvalue weighted by atomic mass is 9.99. The van der Waals surface area contributed by atoms with Gasteiger partial charge in [0.05, 0.1) is 5.71 Å². The molecule has 16 heavy (non-hydrogen) atoms. The molecule has 0 amide bonds. The van der Waals surface area contributed by atoms with Crippen LogP contribution in [0.25, 0.3) is 0 Å². The zero-order chi connectivity index (χ0) is 11.0. The number of benzene rings is 1. The number of oxime groups is 1. The number of rotatable bonds is 2. The molecule has 1 heterocycles. The van der Waals surface area contributed by atoms with Gasteiger partial charge in [0.15, 0.2) is 0 Å². The minimum Gasteiger partial charge on any atom is -0.411 e. The second kappa shape index (κ2) is 3.81. The van der Waals surface area contributed by atoms with Gasteiger partial charge in [-0.3, -0.25) is 0 Å². The van der Waals surface area contributed by atoms with Crippen molar-refractivity contribution >= 4 is 11.4 Å². The Balaban J connectivity index is 1.94. The molecule has 1 aliphatic carbocycles. The van der Waals surface area contributed by atoms with Crippen LogP contribution in [0.4, 0.5) is 5.69 Å². The van der Waals surface area contributed by atoms with E-state index in [1.165, 1.54) is 18.5 Å². The molecule has 1 aliphatic heterocycles. The van der Waals surface area contributed by atoms with Crippen LogP contribution in [0.5, 0.6) is 0 Å². The van der Waals surface area contributed by atoms with E-state index < -0.39 is 0 Å². The summed E-state index contributed by atoms with van der Waals surface area (Å²) in [4.78, 5) is 2.43. The lowest BCUT2D eigenvalue weighted by Crippen LogP contribution is -2.33. The third kappa shape index (κ3) is 1.66. The van der Waals surface area contributed by atoms with Gasteiger partial charge in [0, 0.05) is 30.8 Å². The molecular formula is C13H16N2O. The van der Waals surface area contributed by atoms with Gasteiger partial charge in [0.25, 0.3) is 0 Å². The molecule has 0 radical (unpaired) electrons. The Bertz CT molecular complexity index is 424. The van der Waals surface area contributed by atoms with Gasteiger partial charge in [-0.2, -0.15) is 0 Å². The zero-order valence-corrected chi connectivity index (χ0v) is 9.26. The van der Waals surface area contributed by atoms with Crippen molar-refractivity contribution in [3.05, 3.63) is 29.8 Å². The first-order valence-corrected chi connectivity index (χ1v) is 5.94. The summed E-state index contributed by atoms with van der Waals surface area (Å²) < 4.78 is 0. The van der Waals surface area contributed by atoms with Crippen LogP contribution >= 0.6 is 0 Å². The molecule has 1 saturated carbocycles. The number of anilines is 1. The highest BCUT2D eigenvalue weighted by atomic mass is 16.4. The predicted molar refractivity (Wildman–Crippen MR) is 64.3 cm³/mol. The summed E-state index contributed by atoms with van der Waals surface area (Å²) in [5.74, 6) is 0.890. The van der Waals surface area contributed by atoms with Crippen LogP contribution in [-0.2, 0) is 0 Å². The second-order valence-electron chi connectivity index (χ2n) is 4.70. The van der Waals surface area contributed by atoms with Crippen molar-refractivity contribution in [3.63, 3.8) is 0 Å². The highest BCUT2D eigenvalue weighted by Gasteiger charge is 2.28. The Labute approximate surface area is 95.4 Å². The average molecular weight is 216 g/mol. The van der Waals surface area contributed by atoms with Gasteiger partial charge in [-0.05, 0) is 24.8 Å². The number of para-hydroxylation sites is 1. The molecule has 3 nitrogen and oxygen atoms in total. The van der Waals surface area contributed by atoms with Crippen molar-refractivity contribution < 1.29 is 5.21 Å². The molecule has 0 atom stereocenters. The Hall–Kier alpha value is -1.51. The number of hydrogen-bond donors (Lipinski definition) is 1. The van der Waals surface area contributed by atoms with Crippen molar-refractivity contribution in [2.45, 2.75) is 19.3 Å². The van der Waals surface area contributed by atoms with Crippen LogP contribution in [0.1, 0.15) is 24.8 Å². The van der Waals surface area contributed by atoms with Crippen molar-refractivity contribution in [2.75, 3.05) is 18.0 Å². The molecule has 2 aliphatic rings. The summed E-state index contributed by atoms with van der Waals surface area (Å²) in [5.41, 5.74) is 3.15. The van der Waals surface area contributed by atoms with E-state index in [9.17, 15) is 0 Å². The fourth-order valence-electron chi connectivity index (χ4n) is 2.40. The fraction of sp³-hybridized carbons (Fsp3) is 0.462. The van der Waals surface area contributed by atoms with Crippen LogP contribution in [0.15, 0.2) is 29.4 Å². The smallest absolute Gasteiger partial charge is 0.0906 e. The van der Waals surface area contributed by atoms with Crippen molar-refractivity contribution in [3.8, 4) is 0 Å². The molecule has 0 spiro atoms. The van der Waals surface area contributed by atoms with Gasteiger partial charge < -0.3 is 10.1 Å². The fourth-order valence-corrected chi connectivity index (χ4v) is 2.40. The van der Waals surface area contributed by atoms with Gasteiger partial charge >= 0.3 is 0 Å². The average Bonchev–Trinajstić information content (AvgIpc) is 3.14. The van der Waals surface area contributed by atoms with Gasteiger partial charge in [-0.15, -0.1) is 0 Å². The SMILES string of the molecule is ON=C1CCN(CC2CC2)c2ccccc21. The van der Waals surface area contributed by atoms with Gasteiger partial charge in [-0.25, -0.2) is 0 Å². The molecule has 0 saturated heterocycles. The molecule has 0 bridgehead atoms. The number of hydrogen-bond acceptors (Lipinski definition) is 3. The zero-order valence-electron chi connectivity index (χ0n) is 9.26. The summed E-state index contributed by atoms with van der Waals surface area (Å²) in [5, 5.41) is 12.4. The lowest BCUT2D eigenvalue weighted by molar-refractivity contribution is 0.317. The molecule has 0 aromatic heterocycles. The van der Waals surface area contributed by atoms with Crippen LogP contribution in [0, 0.1) is 5.92 Å². The van der Waals surface area contributed by atoms with E-state index in [0.29, 0.717) is 0 Å². The topological polar surface area (TPSA) is 35.8 Å². The van der Waals surface area contributed by atoms with E-state index in [4.69, 9.17) is 5.21 Å². The highest BCUT2D eigenvalue weighted by molar-refractivity contribution is 6.06. The van der Waals surface area contributed by atoms with Gasteiger partial charge in [-0.1, -0.05) is 23.4 Å². The Morgan fingerprint density at radius 2 is 2.12 bits per heavy atom. The Morgan fingerprint density at radius 3 is 2.88 bits per heavy atom. The normalized spacial score (nSPS) is 22.2. The van der Waals surface area contributed by atoms with E-state index >= 15 is 0 Å². The number of fused-ring (bicyclic) bond motifs is 1. The van der Waals surface area contributed by atoms with Gasteiger partial charge in [0.2, 0.25) is 0 Å². The first-order valence-electron chi connectivity index (χ1n) is 5.94. The van der Waals surface area contributed by atoms with E-state index in [0.717, 1.165) is 36.7 Å². The van der Waals surface area contributed by atoms with Crippen LogP contribution < -0.4 is 4.90 Å². The van der Waals surface area contributed by atoms with Gasteiger partial charge in [0.1, 0.15) is 0 Å². The van der Waals surface area contributed by atoms with Crippen molar-refractivity contribution in [1.82, 2.24) is 0 Å². The van der Waals surface area contributed by atoms with Crippen molar-refractivity contribution in [2.24, 2.45) is 11.1 Å². The van der Waals surface area contributed by atoms with Crippen LogP contribution in [0.3, 0.4) is 0 Å². The van der Waals surface area contributed by atoms with Crippen LogP contribution in [0.2, 0.25) is 0 Å². The Morgan fingerprint density at radius 1 is 1.31 bits per heavy atom. The van der Waals surface area contributed by atoms with E-state index in [2.05, 4.69) is 22.2 Å². The lowest BCUT2D eigenvalue weighted by Gasteiger charge is -2.31. The first-order chi connectivity index (χ1) is 7.88. The molecule has 3 heteroatoms. The summed E-state index contributed by atoms with van der Waals surface area (Å²) >= 11 is 0. The Kier molecular flexibility index (Phi) is 2.31. The molecule has 1 aromatic carbocycles. The molecule has 1 N–H and O–H groups in total. The first kappa shape index (κ1) is 9.70. The van der Waals surface area contributed by atoms with Crippen molar-refractivity contribution in [1.29, 1.82) is 0 Å². The molecule has 1 fully saturated rings. The largest absolute Gasteiger partial charge is 0.411 e. The maximum Gasteiger partial charge on any atom is 0.0906 e. The monoisotopic (exact) mass is 216 g/mol. The molecule has 0 unspecified atom stereocenters. The minimum atomic E-state index is 0.822. The van der Waals surface area contributed by atoms with Crippen LogP contribution in [-0.4, -0.2) is 24.0 Å². The minimum absolute atomic E-state index is 0.822. The third-order valence-electron chi connectivity index (χ3n) is 3.47. The third-order valence-corrected chi connectivity index (χ3v) is 3.47. The van der Waals surface area contributed by atoms with E-state index in [1.54, 1.807) is 0 Å². The highest BCUT2D eigenvalue weighted by Crippen LogP contribution is 2.34. The predicted octanol–water partition coefficient (Wildman–Crippen LogP) is 2.49. The summed E-state index contributed by atoms with van der Waals surface area (Å²) in [6.07, 6.45) is 3.60. The standard InChI is InChI=1S/C13H16N2O/c16-14-12-7-8-15(9-10-5-6-10)13-4-2-1-3-11(12)13/h1-4,10,16H,5-9H2. The molecule has 3 rings (SSSR count). The number of nitrogens with zero attached hydrogens (tertiary/aromatic N) is 2. The summed E-state index contributed by atoms with van der Waals surface area (Å²) in [6.45, 7) is 2.14. The summed E-state index contributed by atoms with van der Waals surface area (Å²) in [6, 6.07) is 8.23. The maximum absolute atomic E-state index is 8.99. The quantitative estimate of drug-likeness (QED) is 0.609. The maximum atomic E-state index is 8.99. The second-order valence-corrected chi connectivity index (χ2v) is 4.70. The molecule has 1 aromatic rings.